The van der Waals surface area contributed by atoms with Crippen LogP contribution >= 0.6 is 0 Å². The molecule has 1 aromatic heterocycles. The van der Waals surface area contributed by atoms with Gasteiger partial charge in [-0.25, -0.2) is 4.98 Å². The molecule has 5 rings (SSSR count). The van der Waals surface area contributed by atoms with Crippen LogP contribution in [0.4, 0.5) is 0 Å². The van der Waals surface area contributed by atoms with E-state index >= 15 is 0 Å². The number of aromatic amines is 1. The summed E-state index contributed by atoms with van der Waals surface area (Å²) in [6, 6.07) is 13.7. The van der Waals surface area contributed by atoms with Crippen molar-refractivity contribution in [2.24, 2.45) is 11.8 Å². The van der Waals surface area contributed by atoms with Crippen LogP contribution < -0.4 is 21.3 Å². The molecule has 2 fully saturated rings. The molecule has 2 aliphatic heterocycles. The van der Waals surface area contributed by atoms with Gasteiger partial charge in [-0.15, -0.1) is 0 Å². The van der Waals surface area contributed by atoms with Gasteiger partial charge in [-0.1, -0.05) is 63.2 Å². The number of nitrogens with zero attached hydrogens (tertiary/aromatic N) is 2. The Labute approximate surface area is 304 Å². The highest BCUT2D eigenvalue weighted by atomic mass is 16.3. The SMILES string of the molecule is Cc1[nH]c(-c2ccccc2)nc1C(=O)N[C@@H]1C[C@H]2C(=O)N[C@H](C(C)C)CC[C@@H](C)CC(=O)N[C@@H](Cc3ccc(O)cc3)C(=O)NCCCC(=O)N2C1. The number of hydrogen-bond donors (Lipinski definition) is 6. The Balaban J connectivity index is 1.31. The number of amides is 5. The van der Waals surface area contributed by atoms with E-state index in [-0.39, 0.29) is 97.6 Å². The Hall–Kier alpha value is -5.20. The van der Waals surface area contributed by atoms with E-state index < -0.39 is 18.1 Å². The summed E-state index contributed by atoms with van der Waals surface area (Å²) < 4.78 is 0. The smallest absolute Gasteiger partial charge is 0.272 e. The summed E-state index contributed by atoms with van der Waals surface area (Å²) in [4.78, 5) is 76.8. The zero-order valence-electron chi connectivity index (χ0n) is 30.4. The lowest BCUT2D eigenvalue weighted by atomic mass is 9.92. The second kappa shape index (κ2) is 17.3. The number of carbonyl (C=O) groups is 5. The normalized spacial score (nSPS) is 23.9. The largest absolute Gasteiger partial charge is 0.508 e. The topological polar surface area (TPSA) is 186 Å². The highest BCUT2D eigenvalue weighted by molar-refractivity contribution is 5.95. The van der Waals surface area contributed by atoms with Gasteiger partial charge >= 0.3 is 0 Å². The standard InChI is InChI=1S/C39H51N7O6/c1-23(2)30-17-12-24(3)19-33(48)43-31(20-26-13-15-29(47)16-14-26)37(50)40-18-8-11-34(49)46-22-28(21-32(46)38(51)44-30)42-39(52)35-25(4)41-36(45-35)27-9-6-5-7-10-27/h5-7,9-10,13-16,23-24,28,30-32,47H,8,11-12,17-22H2,1-4H3,(H,40,50)(H,41,45)(H,42,52)(H,43,48)(H,44,51)/t24-,28-,30+,31+,32+/m1/s1. The first-order valence-electron chi connectivity index (χ1n) is 18.3. The van der Waals surface area contributed by atoms with E-state index in [1.807, 2.05) is 51.1 Å². The molecule has 0 bridgehead atoms. The number of phenolic OH excluding ortho intramolecular Hbond substituents is 1. The number of aromatic nitrogens is 2. The third-order valence-corrected chi connectivity index (χ3v) is 9.94. The second-order valence-corrected chi connectivity index (χ2v) is 14.5. The van der Waals surface area contributed by atoms with Crippen LogP contribution in [0.15, 0.2) is 54.6 Å². The van der Waals surface area contributed by atoms with Gasteiger partial charge in [0.05, 0.1) is 0 Å². The van der Waals surface area contributed by atoms with Crippen LogP contribution in [0, 0.1) is 18.8 Å². The van der Waals surface area contributed by atoms with Crippen LogP contribution in [-0.2, 0) is 25.6 Å². The lowest BCUT2D eigenvalue weighted by Gasteiger charge is -2.29. The van der Waals surface area contributed by atoms with E-state index in [1.165, 1.54) is 12.1 Å². The van der Waals surface area contributed by atoms with E-state index in [0.717, 1.165) is 11.1 Å². The van der Waals surface area contributed by atoms with Gasteiger partial charge in [0, 0.05) is 55.7 Å². The lowest BCUT2D eigenvalue weighted by molar-refractivity contribution is -0.139. The average Bonchev–Trinajstić information content (AvgIpc) is 3.72. The average molecular weight is 714 g/mol. The molecular weight excluding hydrogens is 662 g/mol. The monoisotopic (exact) mass is 713 g/mol. The Bertz CT molecular complexity index is 1720. The predicted octanol–water partition coefficient (Wildman–Crippen LogP) is 3.37. The fraction of sp³-hybridized carbons (Fsp3) is 0.487. The summed E-state index contributed by atoms with van der Waals surface area (Å²) in [7, 11) is 0. The zero-order chi connectivity index (χ0) is 37.4. The molecule has 0 spiro atoms. The van der Waals surface area contributed by atoms with E-state index in [1.54, 1.807) is 24.0 Å². The molecule has 6 N–H and O–H groups in total. The van der Waals surface area contributed by atoms with E-state index in [0.29, 0.717) is 30.8 Å². The number of nitrogens with one attached hydrogen (secondary N) is 5. The number of phenols is 1. The van der Waals surface area contributed by atoms with E-state index in [9.17, 15) is 29.1 Å². The molecule has 3 aromatic rings. The van der Waals surface area contributed by atoms with Crippen LogP contribution in [0.5, 0.6) is 5.75 Å². The first kappa shape index (κ1) is 38.0. The van der Waals surface area contributed by atoms with Crippen molar-refractivity contribution in [3.8, 4) is 17.1 Å². The van der Waals surface area contributed by atoms with Gasteiger partial charge in [0.25, 0.3) is 5.91 Å². The molecule has 3 heterocycles. The van der Waals surface area contributed by atoms with Gasteiger partial charge in [0.2, 0.25) is 23.6 Å². The first-order valence-corrected chi connectivity index (χ1v) is 18.3. The Morgan fingerprint density at radius 2 is 1.73 bits per heavy atom. The van der Waals surface area contributed by atoms with Crippen molar-refractivity contribution in [1.82, 2.24) is 36.1 Å². The molecule has 13 heteroatoms. The minimum Gasteiger partial charge on any atom is -0.508 e. The summed E-state index contributed by atoms with van der Waals surface area (Å²) in [5.41, 5.74) is 2.49. The number of rotatable bonds is 6. The number of hydrogen-bond acceptors (Lipinski definition) is 7. The molecule has 278 valence electrons. The number of benzene rings is 2. The van der Waals surface area contributed by atoms with Gasteiger partial charge in [-0.05, 0) is 62.1 Å². The summed E-state index contributed by atoms with van der Waals surface area (Å²) in [5.74, 6) is -0.773. The number of carbonyl (C=O) groups excluding carboxylic acids is 5. The predicted molar refractivity (Wildman–Crippen MR) is 196 cm³/mol. The minimum atomic E-state index is -0.837. The molecule has 0 saturated carbocycles. The van der Waals surface area contributed by atoms with Gasteiger partial charge in [0.15, 0.2) is 0 Å². The van der Waals surface area contributed by atoms with E-state index in [4.69, 9.17) is 0 Å². The van der Waals surface area contributed by atoms with Gasteiger partial charge in [0.1, 0.15) is 29.4 Å². The number of fused-ring (bicyclic) bond motifs is 1. The molecular formula is C39H51N7O6. The molecule has 5 amide bonds. The van der Waals surface area contributed by atoms with Crippen LogP contribution in [0.1, 0.15) is 81.0 Å². The third-order valence-electron chi connectivity index (χ3n) is 9.94. The van der Waals surface area contributed by atoms with Crippen molar-refractivity contribution in [2.45, 2.75) is 96.8 Å². The molecule has 2 aliphatic rings. The summed E-state index contributed by atoms with van der Waals surface area (Å²) in [6.07, 6.45) is 2.36. The maximum Gasteiger partial charge on any atom is 0.272 e. The molecule has 0 radical (unpaired) electrons. The molecule has 13 nitrogen and oxygen atoms in total. The molecule has 0 aliphatic carbocycles. The third kappa shape index (κ3) is 9.98. The van der Waals surface area contributed by atoms with Crippen molar-refractivity contribution in [1.29, 1.82) is 0 Å². The Morgan fingerprint density at radius 1 is 1.00 bits per heavy atom. The molecule has 2 aromatic carbocycles. The van der Waals surface area contributed by atoms with Crippen molar-refractivity contribution < 1.29 is 29.1 Å². The van der Waals surface area contributed by atoms with Crippen LogP contribution in [-0.4, -0.2) is 86.8 Å². The van der Waals surface area contributed by atoms with E-state index in [2.05, 4.69) is 31.2 Å². The van der Waals surface area contributed by atoms with Crippen molar-refractivity contribution in [2.75, 3.05) is 13.1 Å². The Morgan fingerprint density at radius 3 is 2.44 bits per heavy atom. The highest BCUT2D eigenvalue weighted by Crippen LogP contribution is 2.24. The van der Waals surface area contributed by atoms with Gasteiger partial charge in [-0.3, -0.25) is 24.0 Å². The molecule has 0 unspecified atom stereocenters. The molecule has 52 heavy (non-hydrogen) atoms. The maximum atomic E-state index is 13.9. The minimum absolute atomic E-state index is 0.0218. The van der Waals surface area contributed by atoms with Crippen molar-refractivity contribution in [3.05, 3.63) is 71.5 Å². The summed E-state index contributed by atoms with van der Waals surface area (Å²) >= 11 is 0. The lowest BCUT2D eigenvalue weighted by Crippen LogP contribution is -2.50. The van der Waals surface area contributed by atoms with Crippen molar-refractivity contribution >= 4 is 29.5 Å². The van der Waals surface area contributed by atoms with Crippen LogP contribution in [0.3, 0.4) is 0 Å². The van der Waals surface area contributed by atoms with Crippen LogP contribution in [0.2, 0.25) is 0 Å². The molecule has 2 saturated heterocycles. The zero-order valence-corrected chi connectivity index (χ0v) is 30.4. The molecule has 5 atom stereocenters. The fourth-order valence-corrected chi connectivity index (χ4v) is 6.91. The highest BCUT2D eigenvalue weighted by Gasteiger charge is 2.41. The number of H-pyrrole nitrogens is 1. The quantitative estimate of drug-likeness (QED) is 0.226. The Kier molecular flexibility index (Phi) is 12.7. The summed E-state index contributed by atoms with van der Waals surface area (Å²) in [6.45, 7) is 8.15. The van der Waals surface area contributed by atoms with Gasteiger partial charge in [-0.2, -0.15) is 0 Å². The van der Waals surface area contributed by atoms with Crippen molar-refractivity contribution in [3.63, 3.8) is 0 Å². The first-order chi connectivity index (χ1) is 24.9. The number of aryl methyl sites for hydroxylation is 1. The fourth-order valence-electron chi connectivity index (χ4n) is 6.91. The number of aromatic hydroxyl groups is 1. The van der Waals surface area contributed by atoms with Crippen LogP contribution in [0.25, 0.3) is 11.4 Å². The van der Waals surface area contributed by atoms with Gasteiger partial charge < -0.3 is 36.3 Å². The number of imidazole rings is 1. The second-order valence-electron chi connectivity index (χ2n) is 14.5. The maximum absolute atomic E-state index is 13.9. The summed E-state index contributed by atoms with van der Waals surface area (Å²) in [5, 5.41) is 21.6.